The molecule has 0 spiro atoms. The molecule has 0 aliphatic rings. The lowest BCUT2D eigenvalue weighted by Gasteiger charge is -2.12. The predicted molar refractivity (Wildman–Crippen MR) is 78.0 cm³/mol. The second kappa shape index (κ2) is 6.68. The van der Waals surface area contributed by atoms with Crippen LogP contribution in [0.3, 0.4) is 0 Å². The van der Waals surface area contributed by atoms with E-state index in [2.05, 4.69) is 21.2 Å². The number of para-hydroxylation sites is 1. The van der Waals surface area contributed by atoms with Gasteiger partial charge in [-0.3, -0.25) is 0 Å². The Bertz CT molecular complexity index is 560. The van der Waals surface area contributed by atoms with Gasteiger partial charge in [-0.25, -0.2) is 4.39 Å². The number of hydrogen-bond acceptors (Lipinski definition) is 2. The summed E-state index contributed by atoms with van der Waals surface area (Å²) in [7, 11) is 0. The third kappa shape index (κ3) is 3.78. The van der Waals surface area contributed by atoms with Crippen molar-refractivity contribution in [1.29, 1.82) is 0 Å². The van der Waals surface area contributed by atoms with Crippen molar-refractivity contribution < 1.29 is 9.13 Å². The lowest BCUT2D eigenvalue weighted by atomic mass is 10.2. The average molecular weight is 324 g/mol. The largest absolute Gasteiger partial charge is 0.454 e. The van der Waals surface area contributed by atoms with Crippen molar-refractivity contribution in [2.45, 2.75) is 13.5 Å². The number of nitrogens with one attached hydrogen (secondary N) is 1. The van der Waals surface area contributed by atoms with Gasteiger partial charge in [-0.05, 0) is 36.9 Å². The molecule has 0 atom stereocenters. The summed E-state index contributed by atoms with van der Waals surface area (Å²) in [6, 6.07) is 12.1. The molecule has 0 saturated carbocycles. The standard InChI is InChI=1S/C15H15BrFNO/c1-2-18-10-11-9-12(16)7-8-14(11)19-15-6-4-3-5-13(15)17/h3-9,18H,2,10H2,1H3. The molecule has 0 fully saturated rings. The maximum Gasteiger partial charge on any atom is 0.165 e. The van der Waals surface area contributed by atoms with E-state index in [1.165, 1.54) is 6.07 Å². The molecule has 2 rings (SSSR count). The highest BCUT2D eigenvalue weighted by Crippen LogP contribution is 2.29. The quantitative estimate of drug-likeness (QED) is 0.875. The minimum Gasteiger partial charge on any atom is -0.454 e. The zero-order chi connectivity index (χ0) is 13.7. The first kappa shape index (κ1) is 14.0. The van der Waals surface area contributed by atoms with Gasteiger partial charge in [0, 0.05) is 16.6 Å². The van der Waals surface area contributed by atoms with Crippen molar-refractivity contribution in [3.63, 3.8) is 0 Å². The van der Waals surface area contributed by atoms with Gasteiger partial charge in [0.25, 0.3) is 0 Å². The molecule has 1 N–H and O–H groups in total. The van der Waals surface area contributed by atoms with Gasteiger partial charge in [-0.2, -0.15) is 0 Å². The number of rotatable bonds is 5. The molecule has 0 saturated heterocycles. The third-order valence-corrected chi connectivity index (χ3v) is 3.14. The molecule has 0 bridgehead atoms. The molecule has 100 valence electrons. The molecule has 2 nitrogen and oxygen atoms in total. The molecule has 0 aromatic heterocycles. The van der Waals surface area contributed by atoms with E-state index in [1.54, 1.807) is 18.2 Å². The molecule has 19 heavy (non-hydrogen) atoms. The van der Waals surface area contributed by atoms with Gasteiger partial charge in [-0.15, -0.1) is 0 Å². The zero-order valence-corrected chi connectivity index (χ0v) is 12.2. The van der Waals surface area contributed by atoms with Crippen molar-refractivity contribution in [3.8, 4) is 11.5 Å². The Morgan fingerprint density at radius 2 is 1.95 bits per heavy atom. The first-order chi connectivity index (χ1) is 9.20. The van der Waals surface area contributed by atoms with Crippen LogP contribution < -0.4 is 10.1 Å². The van der Waals surface area contributed by atoms with Crippen molar-refractivity contribution in [2.75, 3.05) is 6.54 Å². The Kier molecular flexibility index (Phi) is 4.93. The average Bonchev–Trinajstić information content (AvgIpc) is 2.41. The van der Waals surface area contributed by atoms with Crippen LogP contribution in [0.5, 0.6) is 11.5 Å². The van der Waals surface area contributed by atoms with E-state index in [0.717, 1.165) is 16.6 Å². The summed E-state index contributed by atoms with van der Waals surface area (Å²) in [4.78, 5) is 0. The fourth-order valence-corrected chi connectivity index (χ4v) is 2.10. The Hall–Kier alpha value is -1.39. The van der Waals surface area contributed by atoms with E-state index >= 15 is 0 Å². The molecular weight excluding hydrogens is 309 g/mol. The number of ether oxygens (including phenoxy) is 1. The Labute approximate surface area is 120 Å². The topological polar surface area (TPSA) is 21.3 Å². The van der Waals surface area contributed by atoms with E-state index in [0.29, 0.717) is 12.3 Å². The molecule has 0 unspecified atom stereocenters. The van der Waals surface area contributed by atoms with E-state index in [-0.39, 0.29) is 11.6 Å². The van der Waals surface area contributed by atoms with Crippen LogP contribution in [0.15, 0.2) is 46.9 Å². The zero-order valence-electron chi connectivity index (χ0n) is 10.6. The minimum atomic E-state index is -0.361. The van der Waals surface area contributed by atoms with Crippen LogP contribution >= 0.6 is 15.9 Å². The number of hydrogen-bond donors (Lipinski definition) is 1. The molecule has 0 heterocycles. The second-order valence-electron chi connectivity index (χ2n) is 4.06. The lowest BCUT2D eigenvalue weighted by Crippen LogP contribution is -2.12. The highest BCUT2D eigenvalue weighted by Gasteiger charge is 2.08. The monoisotopic (exact) mass is 323 g/mol. The van der Waals surface area contributed by atoms with Crippen molar-refractivity contribution in [1.82, 2.24) is 5.32 Å². The molecule has 0 radical (unpaired) electrons. The fraction of sp³-hybridized carbons (Fsp3) is 0.200. The number of benzene rings is 2. The summed E-state index contributed by atoms with van der Waals surface area (Å²) in [6.45, 7) is 3.58. The van der Waals surface area contributed by atoms with Crippen molar-refractivity contribution in [3.05, 3.63) is 58.3 Å². The van der Waals surface area contributed by atoms with Crippen LogP contribution in [-0.2, 0) is 6.54 Å². The Balaban J connectivity index is 2.26. The second-order valence-corrected chi connectivity index (χ2v) is 4.98. The third-order valence-electron chi connectivity index (χ3n) is 2.64. The summed E-state index contributed by atoms with van der Waals surface area (Å²) < 4.78 is 20.2. The smallest absolute Gasteiger partial charge is 0.165 e. The van der Waals surface area contributed by atoms with Crippen molar-refractivity contribution >= 4 is 15.9 Å². The maximum absolute atomic E-state index is 13.6. The van der Waals surface area contributed by atoms with Gasteiger partial charge in [0.15, 0.2) is 11.6 Å². The predicted octanol–water partition coefficient (Wildman–Crippen LogP) is 4.49. The first-order valence-electron chi connectivity index (χ1n) is 6.12. The van der Waals surface area contributed by atoms with E-state index in [9.17, 15) is 4.39 Å². The highest BCUT2D eigenvalue weighted by molar-refractivity contribution is 9.10. The van der Waals surface area contributed by atoms with Crippen LogP contribution in [0.1, 0.15) is 12.5 Å². The van der Waals surface area contributed by atoms with Gasteiger partial charge < -0.3 is 10.1 Å². The SMILES string of the molecule is CCNCc1cc(Br)ccc1Oc1ccccc1F. The minimum absolute atomic E-state index is 0.238. The summed E-state index contributed by atoms with van der Waals surface area (Å²) in [5.74, 6) is 0.539. The molecule has 4 heteroatoms. The fourth-order valence-electron chi connectivity index (χ4n) is 1.69. The van der Waals surface area contributed by atoms with E-state index < -0.39 is 0 Å². The van der Waals surface area contributed by atoms with Gasteiger partial charge >= 0.3 is 0 Å². The first-order valence-corrected chi connectivity index (χ1v) is 6.91. The summed E-state index contributed by atoms with van der Waals surface area (Å²) in [5.41, 5.74) is 0.986. The summed E-state index contributed by atoms with van der Waals surface area (Å²) in [5, 5.41) is 3.24. The van der Waals surface area contributed by atoms with Crippen LogP contribution in [0.4, 0.5) is 4.39 Å². The molecule has 2 aromatic rings. The highest BCUT2D eigenvalue weighted by atomic mass is 79.9. The van der Waals surface area contributed by atoms with E-state index in [4.69, 9.17) is 4.74 Å². The van der Waals surface area contributed by atoms with Crippen LogP contribution in [0.2, 0.25) is 0 Å². The molecular formula is C15H15BrFNO. The van der Waals surface area contributed by atoms with Crippen LogP contribution in [-0.4, -0.2) is 6.54 Å². The molecule has 0 aliphatic heterocycles. The lowest BCUT2D eigenvalue weighted by molar-refractivity contribution is 0.436. The molecule has 0 amide bonds. The Morgan fingerprint density at radius 3 is 2.68 bits per heavy atom. The van der Waals surface area contributed by atoms with Gasteiger partial charge in [-0.1, -0.05) is 35.0 Å². The van der Waals surface area contributed by atoms with Crippen molar-refractivity contribution in [2.24, 2.45) is 0 Å². The molecule has 0 aliphatic carbocycles. The van der Waals surface area contributed by atoms with Gasteiger partial charge in [0.1, 0.15) is 5.75 Å². The van der Waals surface area contributed by atoms with Crippen LogP contribution in [0, 0.1) is 5.82 Å². The van der Waals surface area contributed by atoms with Gasteiger partial charge in [0.2, 0.25) is 0 Å². The van der Waals surface area contributed by atoms with E-state index in [1.807, 2.05) is 25.1 Å². The maximum atomic E-state index is 13.6. The number of halogens is 2. The normalized spacial score (nSPS) is 10.5. The Morgan fingerprint density at radius 1 is 1.16 bits per heavy atom. The summed E-state index contributed by atoms with van der Waals surface area (Å²) in [6.07, 6.45) is 0. The molecule has 2 aromatic carbocycles. The summed E-state index contributed by atoms with van der Waals surface area (Å²) >= 11 is 3.43. The van der Waals surface area contributed by atoms with Crippen LogP contribution in [0.25, 0.3) is 0 Å². The van der Waals surface area contributed by atoms with Gasteiger partial charge in [0.05, 0.1) is 0 Å².